The van der Waals surface area contributed by atoms with Crippen LogP contribution in [0.3, 0.4) is 0 Å². The number of amidine groups is 1. The number of amides is 1. The van der Waals surface area contributed by atoms with E-state index >= 15 is 0 Å². The molecule has 0 aliphatic carbocycles. The predicted octanol–water partition coefficient (Wildman–Crippen LogP) is 9.04. The minimum Gasteiger partial charge on any atom is -0.487 e. The third-order valence-electron chi connectivity index (χ3n) is 5.10. The van der Waals surface area contributed by atoms with Crippen LogP contribution in [0.15, 0.2) is 70.6 Å². The summed E-state index contributed by atoms with van der Waals surface area (Å²) >= 11 is 17.9. The lowest BCUT2D eigenvalue weighted by molar-refractivity contribution is -0.122. The molecule has 4 rings (SSSR count). The highest BCUT2D eigenvalue weighted by Gasteiger charge is 2.33. The predicted molar refractivity (Wildman–Crippen MR) is 168 cm³/mol. The van der Waals surface area contributed by atoms with E-state index in [-0.39, 0.29) is 5.91 Å². The molecule has 1 saturated heterocycles. The summed E-state index contributed by atoms with van der Waals surface area (Å²) < 4.78 is 8.06. The van der Waals surface area contributed by atoms with E-state index in [4.69, 9.17) is 32.9 Å². The Balaban J connectivity index is 1.57. The molecule has 0 saturated carbocycles. The summed E-state index contributed by atoms with van der Waals surface area (Å²) in [4.78, 5) is 20.5. The number of thioether (sulfide) groups is 1. The number of hydrogen-bond donors (Lipinski definition) is 0. The van der Waals surface area contributed by atoms with Gasteiger partial charge in [0.05, 0.1) is 17.7 Å². The lowest BCUT2D eigenvalue weighted by Gasteiger charge is -2.17. The number of rotatable bonds is 7. The number of nitrogens with zero attached hydrogens (tertiary/aromatic N) is 2. The number of benzene rings is 3. The Bertz CT molecular complexity index is 1300. The molecule has 0 unspecified atom stereocenters. The molecule has 36 heavy (non-hydrogen) atoms. The number of carbonyl (C=O) groups excluding carboxylic acids is 1. The minimum atomic E-state index is -0.0329. The van der Waals surface area contributed by atoms with E-state index in [0.29, 0.717) is 39.2 Å². The number of hydrogen-bond acceptors (Lipinski definition) is 4. The van der Waals surface area contributed by atoms with Gasteiger partial charge in [-0.25, -0.2) is 4.99 Å². The number of ether oxygens (including phenoxy) is 1. The second-order valence-electron chi connectivity index (χ2n) is 8.52. The third-order valence-corrected chi connectivity index (χ3v) is 8.22. The largest absolute Gasteiger partial charge is 0.487 e. The summed E-state index contributed by atoms with van der Waals surface area (Å²) in [6.07, 6.45) is 1.93. The molecule has 1 heterocycles. The Hall–Kier alpha value is -1.27. The summed E-state index contributed by atoms with van der Waals surface area (Å²) in [7, 11) is 0. The van der Waals surface area contributed by atoms with Crippen molar-refractivity contribution in [1.82, 2.24) is 4.90 Å². The van der Waals surface area contributed by atoms with Gasteiger partial charge in [0.15, 0.2) is 5.17 Å². The Morgan fingerprint density at radius 2 is 1.58 bits per heavy atom. The SMILES string of the molecule is CC(C)CN1C(=O)/C(=C/c2cc(I)c(OCc3ccc(Cl)cc3)c(I)c2)SC1=Nc1ccc(Cl)cc1. The molecule has 9 heteroatoms. The smallest absolute Gasteiger partial charge is 0.266 e. The maximum absolute atomic E-state index is 13.3. The second kappa shape index (κ2) is 12.5. The van der Waals surface area contributed by atoms with Crippen LogP contribution >= 0.6 is 80.1 Å². The molecule has 1 aliphatic rings. The first-order valence-electron chi connectivity index (χ1n) is 11.1. The Morgan fingerprint density at radius 3 is 2.17 bits per heavy atom. The third kappa shape index (κ3) is 7.18. The zero-order valence-corrected chi connectivity index (χ0v) is 26.1. The quantitative estimate of drug-likeness (QED) is 0.178. The van der Waals surface area contributed by atoms with Crippen molar-refractivity contribution in [2.75, 3.05) is 6.54 Å². The highest BCUT2D eigenvalue weighted by atomic mass is 127. The van der Waals surface area contributed by atoms with Crippen LogP contribution in [0.2, 0.25) is 10.0 Å². The van der Waals surface area contributed by atoms with E-state index in [1.54, 1.807) is 17.0 Å². The van der Waals surface area contributed by atoms with Gasteiger partial charge in [-0.3, -0.25) is 9.69 Å². The van der Waals surface area contributed by atoms with Gasteiger partial charge in [-0.15, -0.1) is 0 Å². The standard InChI is InChI=1S/C27H22Cl2I2N2O2S/c1-16(2)14-33-26(34)24(36-27(33)32-21-9-7-20(29)8-10-21)13-18-11-22(30)25(23(31)12-18)35-15-17-3-5-19(28)6-4-17/h3-13,16H,14-15H2,1-2H3/b24-13-,32-27?. The molecule has 0 N–H and O–H groups in total. The van der Waals surface area contributed by atoms with E-state index in [0.717, 1.165) is 29.7 Å². The monoisotopic (exact) mass is 762 g/mol. The zero-order valence-electron chi connectivity index (χ0n) is 19.5. The molecule has 3 aromatic rings. The van der Waals surface area contributed by atoms with Crippen LogP contribution in [0.5, 0.6) is 5.75 Å². The van der Waals surface area contributed by atoms with E-state index in [1.165, 1.54) is 11.8 Å². The van der Waals surface area contributed by atoms with Crippen molar-refractivity contribution in [2.45, 2.75) is 20.5 Å². The molecule has 1 fully saturated rings. The fourth-order valence-corrected chi connectivity index (χ4v) is 6.82. The van der Waals surface area contributed by atoms with Gasteiger partial charge in [0.2, 0.25) is 0 Å². The fourth-order valence-electron chi connectivity index (χ4n) is 3.43. The van der Waals surface area contributed by atoms with Gasteiger partial charge < -0.3 is 4.74 Å². The first kappa shape index (κ1) is 27.8. The molecular formula is C27H22Cl2I2N2O2S. The first-order valence-corrected chi connectivity index (χ1v) is 14.8. The molecule has 186 valence electrons. The van der Waals surface area contributed by atoms with Gasteiger partial charge in [0, 0.05) is 16.6 Å². The minimum absolute atomic E-state index is 0.0329. The number of halogens is 4. The average molecular weight is 763 g/mol. The van der Waals surface area contributed by atoms with Gasteiger partial charge in [-0.05, 0) is 129 Å². The van der Waals surface area contributed by atoms with Crippen LogP contribution in [0.1, 0.15) is 25.0 Å². The van der Waals surface area contributed by atoms with Crippen LogP contribution in [0, 0.1) is 13.1 Å². The van der Waals surface area contributed by atoms with Crippen LogP contribution in [-0.2, 0) is 11.4 Å². The van der Waals surface area contributed by atoms with E-state index in [2.05, 4.69) is 59.0 Å². The molecule has 4 nitrogen and oxygen atoms in total. The highest BCUT2D eigenvalue weighted by Crippen LogP contribution is 2.36. The molecule has 0 aromatic heterocycles. The summed E-state index contributed by atoms with van der Waals surface area (Å²) in [6.45, 7) is 5.23. The van der Waals surface area contributed by atoms with Gasteiger partial charge in [-0.2, -0.15) is 0 Å². The van der Waals surface area contributed by atoms with Crippen molar-refractivity contribution in [3.63, 3.8) is 0 Å². The van der Waals surface area contributed by atoms with Gasteiger partial charge in [-0.1, -0.05) is 49.2 Å². The average Bonchev–Trinajstić information content (AvgIpc) is 3.09. The molecule has 0 bridgehead atoms. The van der Waals surface area contributed by atoms with Crippen LogP contribution < -0.4 is 4.74 Å². The number of carbonyl (C=O) groups is 1. The summed E-state index contributed by atoms with van der Waals surface area (Å²) in [5, 5.41) is 2.03. The highest BCUT2D eigenvalue weighted by molar-refractivity contribution is 14.1. The van der Waals surface area contributed by atoms with E-state index in [9.17, 15) is 4.79 Å². The Kier molecular flexibility index (Phi) is 9.65. The van der Waals surface area contributed by atoms with Crippen LogP contribution in [0.4, 0.5) is 5.69 Å². The van der Waals surface area contributed by atoms with Gasteiger partial charge in [0.25, 0.3) is 5.91 Å². The normalized spacial score (nSPS) is 16.0. The molecular weight excluding hydrogens is 741 g/mol. The van der Waals surface area contributed by atoms with E-state index in [1.807, 2.05) is 54.6 Å². The van der Waals surface area contributed by atoms with Crippen molar-refractivity contribution >= 4 is 103 Å². The lowest BCUT2D eigenvalue weighted by atomic mass is 10.2. The summed E-state index contributed by atoms with van der Waals surface area (Å²) in [5.74, 6) is 1.10. The van der Waals surface area contributed by atoms with Crippen molar-refractivity contribution in [2.24, 2.45) is 10.9 Å². The zero-order chi connectivity index (χ0) is 25.8. The topological polar surface area (TPSA) is 41.9 Å². The van der Waals surface area contributed by atoms with Crippen molar-refractivity contribution in [1.29, 1.82) is 0 Å². The molecule has 1 amide bonds. The second-order valence-corrected chi connectivity index (χ2v) is 12.7. The summed E-state index contributed by atoms with van der Waals surface area (Å²) in [5.41, 5.74) is 2.75. The molecule has 0 radical (unpaired) electrons. The van der Waals surface area contributed by atoms with Crippen LogP contribution in [0.25, 0.3) is 6.08 Å². The maximum Gasteiger partial charge on any atom is 0.266 e. The van der Waals surface area contributed by atoms with Gasteiger partial charge in [0.1, 0.15) is 12.4 Å². The molecule has 0 spiro atoms. The van der Waals surface area contributed by atoms with Gasteiger partial charge >= 0.3 is 0 Å². The summed E-state index contributed by atoms with van der Waals surface area (Å²) in [6, 6.07) is 19.0. The maximum atomic E-state index is 13.3. The van der Waals surface area contributed by atoms with Crippen LogP contribution in [-0.4, -0.2) is 22.5 Å². The molecule has 0 atom stereocenters. The molecule has 1 aliphatic heterocycles. The molecule has 3 aromatic carbocycles. The first-order chi connectivity index (χ1) is 17.2. The Morgan fingerprint density at radius 1 is 1.00 bits per heavy atom. The van der Waals surface area contributed by atoms with Crippen molar-refractivity contribution < 1.29 is 9.53 Å². The fraction of sp³-hybridized carbons (Fsp3) is 0.185. The lowest BCUT2D eigenvalue weighted by Crippen LogP contribution is -2.32. The number of aliphatic imine (C=N–C) groups is 1. The van der Waals surface area contributed by atoms with E-state index < -0.39 is 0 Å². The Labute approximate surface area is 252 Å². The van der Waals surface area contributed by atoms with Crippen molar-refractivity contribution in [3.8, 4) is 5.75 Å². The van der Waals surface area contributed by atoms with Crippen molar-refractivity contribution in [3.05, 3.63) is 93.9 Å².